The van der Waals surface area contributed by atoms with Crippen molar-refractivity contribution >= 4 is 55.9 Å². The molecule has 0 atom stereocenters. The highest BCUT2D eigenvalue weighted by molar-refractivity contribution is 7.20. The summed E-state index contributed by atoms with van der Waals surface area (Å²) in [5.41, 5.74) is 0.631. The Hall–Kier alpha value is -2.89. The van der Waals surface area contributed by atoms with Gasteiger partial charge in [-0.25, -0.2) is 14.8 Å². The van der Waals surface area contributed by atoms with E-state index in [1.807, 2.05) is 6.07 Å². The number of thiazole rings is 1. The number of carbonyl (C=O) groups is 3. The van der Waals surface area contributed by atoms with Gasteiger partial charge in [0.2, 0.25) is 0 Å². The van der Waals surface area contributed by atoms with Gasteiger partial charge in [0, 0.05) is 13.3 Å². The topological polar surface area (TPSA) is 120 Å². The van der Waals surface area contributed by atoms with Crippen LogP contribution in [0.25, 0.3) is 10.3 Å². The predicted molar refractivity (Wildman–Crippen MR) is 100 cm³/mol. The molecule has 0 saturated carbocycles. The van der Waals surface area contributed by atoms with E-state index >= 15 is 0 Å². The van der Waals surface area contributed by atoms with Crippen molar-refractivity contribution in [2.24, 2.45) is 0 Å². The van der Waals surface area contributed by atoms with E-state index in [1.54, 1.807) is 17.6 Å². The van der Waals surface area contributed by atoms with Crippen molar-refractivity contribution in [2.45, 2.75) is 0 Å². The van der Waals surface area contributed by atoms with E-state index in [0.29, 0.717) is 10.6 Å². The van der Waals surface area contributed by atoms with Crippen molar-refractivity contribution in [1.29, 1.82) is 0 Å². The lowest BCUT2D eigenvalue weighted by molar-refractivity contribution is 0.0845. The fourth-order valence-electron chi connectivity index (χ4n) is 2.02. The van der Waals surface area contributed by atoms with Crippen LogP contribution in [0, 0.1) is 0 Å². The molecule has 0 bridgehead atoms. The number of hydrogen-bond donors (Lipinski definition) is 2. The van der Waals surface area contributed by atoms with Gasteiger partial charge in [0.1, 0.15) is 11.6 Å². The van der Waals surface area contributed by atoms with Gasteiger partial charge in [0.15, 0.2) is 10.7 Å². The van der Waals surface area contributed by atoms with Gasteiger partial charge in [-0.1, -0.05) is 0 Å². The second kappa shape index (κ2) is 8.66. The molecule has 3 rings (SSSR count). The number of carbonyl (C=O) groups excluding carboxylic acids is 3. The van der Waals surface area contributed by atoms with E-state index < -0.39 is 17.9 Å². The Morgan fingerprint density at radius 2 is 2.04 bits per heavy atom. The van der Waals surface area contributed by atoms with E-state index in [-0.39, 0.29) is 23.8 Å². The first-order valence-corrected chi connectivity index (χ1v) is 9.35. The second-order valence-electron chi connectivity index (χ2n) is 5.04. The van der Waals surface area contributed by atoms with Crippen LogP contribution in [0.5, 0.6) is 0 Å². The molecule has 2 N–H and O–H groups in total. The number of alkyl carbamates (subject to hydrolysis) is 1. The number of thiophene rings is 1. The van der Waals surface area contributed by atoms with E-state index in [9.17, 15) is 14.4 Å². The number of nitrogens with zero attached hydrogens (tertiary/aromatic N) is 2. The van der Waals surface area contributed by atoms with Crippen LogP contribution in [-0.2, 0) is 9.47 Å². The highest BCUT2D eigenvalue weighted by Crippen LogP contribution is 2.26. The van der Waals surface area contributed by atoms with Crippen molar-refractivity contribution in [3.63, 3.8) is 0 Å². The lowest BCUT2D eigenvalue weighted by Gasteiger charge is -2.07. The van der Waals surface area contributed by atoms with Crippen LogP contribution >= 0.6 is 22.7 Å². The van der Waals surface area contributed by atoms with Gasteiger partial charge in [-0.2, -0.15) is 0 Å². The lowest BCUT2D eigenvalue weighted by atomic mass is 10.3. The molecule has 140 valence electrons. The van der Waals surface area contributed by atoms with Crippen LogP contribution in [-0.4, -0.2) is 48.2 Å². The minimum Gasteiger partial charge on any atom is -0.447 e. The Morgan fingerprint density at radius 3 is 2.81 bits per heavy atom. The van der Waals surface area contributed by atoms with Gasteiger partial charge in [0.05, 0.1) is 16.9 Å². The number of hydrogen-bond acceptors (Lipinski definition) is 9. The van der Waals surface area contributed by atoms with Crippen molar-refractivity contribution in [3.8, 4) is 0 Å². The van der Waals surface area contributed by atoms with E-state index in [0.717, 1.165) is 16.0 Å². The summed E-state index contributed by atoms with van der Waals surface area (Å²) in [4.78, 5) is 44.5. The van der Waals surface area contributed by atoms with Crippen LogP contribution in [0.1, 0.15) is 20.2 Å². The van der Waals surface area contributed by atoms with Gasteiger partial charge in [-0.15, -0.1) is 22.7 Å². The summed E-state index contributed by atoms with van der Waals surface area (Å²) < 4.78 is 10.3. The highest BCUT2D eigenvalue weighted by atomic mass is 32.1. The van der Waals surface area contributed by atoms with Crippen LogP contribution in [0.2, 0.25) is 0 Å². The number of fused-ring (bicyclic) bond motifs is 1. The number of amides is 3. The Balaban J connectivity index is 1.66. The molecule has 3 amide bonds. The fourth-order valence-corrected chi connectivity index (χ4v) is 3.62. The molecule has 9 nitrogen and oxygen atoms in total. The third-order valence-corrected chi connectivity index (χ3v) is 5.07. The van der Waals surface area contributed by atoms with Gasteiger partial charge in [-0.3, -0.25) is 14.9 Å². The SMILES string of the molecule is COCCOC(=O)NC(=O)c1ccsc1NC(=O)c1nc2ncccc2s1. The fraction of sp³-hybridized carbons (Fsp3) is 0.188. The maximum absolute atomic E-state index is 12.4. The van der Waals surface area contributed by atoms with Crippen LogP contribution in [0.4, 0.5) is 9.80 Å². The molecule has 3 aromatic rings. The molecule has 0 aliphatic carbocycles. The maximum Gasteiger partial charge on any atom is 0.414 e. The first-order valence-electron chi connectivity index (χ1n) is 7.66. The number of nitrogens with one attached hydrogen (secondary N) is 2. The average Bonchev–Trinajstić information content (AvgIpc) is 3.28. The molecule has 27 heavy (non-hydrogen) atoms. The molecule has 0 saturated heterocycles. The third kappa shape index (κ3) is 4.64. The zero-order valence-electron chi connectivity index (χ0n) is 14.1. The molecule has 0 aromatic carbocycles. The quantitative estimate of drug-likeness (QED) is 0.604. The first kappa shape index (κ1) is 18.9. The molecule has 0 aliphatic heterocycles. The minimum atomic E-state index is -0.891. The zero-order valence-corrected chi connectivity index (χ0v) is 15.7. The molecule has 11 heteroatoms. The molecular formula is C16H14N4O5S2. The molecule has 0 spiro atoms. The smallest absolute Gasteiger partial charge is 0.414 e. The second-order valence-corrected chi connectivity index (χ2v) is 6.99. The number of rotatable bonds is 6. The highest BCUT2D eigenvalue weighted by Gasteiger charge is 2.20. The number of anilines is 1. The summed E-state index contributed by atoms with van der Waals surface area (Å²) >= 11 is 2.35. The van der Waals surface area contributed by atoms with Crippen LogP contribution in [0.15, 0.2) is 29.8 Å². The Morgan fingerprint density at radius 1 is 1.19 bits per heavy atom. The van der Waals surface area contributed by atoms with Gasteiger partial charge >= 0.3 is 6.09 Å². The molecule has 0 radical (unpaired) electrons. The van der Waals surface area contributed by atoms with Gasteiger partial charge in [0.25, 0.3) is 11.8 Å². The molecule has 0 fully saturated rings. The molecule has 3 heterocycles. The van der Waals surface area contributed by atoms with Crippen molar-refractivity contribution in [3.05, 3.63) is 40.3 Å². The Kier molecular flexibility index (Phi) is 6.06. The number of methoxy groups -OCH3 is 1. The number of aromatic nitrogens is 2. The Labute approximate surface area is 161 Å². The summed E-state index contributed by atoms with van der Waals surface area (Å²) in [6, 6.07) is 5.07. The lowest BCUT2D eigenvalue weighted by Crippen LogP contribution is -2.32. The summed E-state index contributed by atoms with van der Waals surface area (Å²) in [6.07, 6.45) is 0.703. The summed E-state index contributed by atoms with van der Waals surface area (Å²) in [6.45, 7) is 0.243. The standard InChI is InChI=1S/C16H14N4O5S2/c1-24-6-7-25-16(23)20-12(21)9-4-8-26-14(9)19-13(22)15-18-11-10(27-15)3-2-5-17-11/h2-5,8H,6-7H2,1H3,(H,19,22)(H,20,21,23). The van der Waals surface area contributed by atoms with Gasteiger partial charge in [-0.05, 0) is 23.6 Å². The first-order chi connectivity index (χ1) is 13.1. The summed E-state index contributed by atoms with van der Waals surface area (Å²) in [5.74, 6) is -1.14. The van der Waals surface area contributed by atoms with Crippen LogP contribution in [0.3, 0.4) is 0 Å². The zero-order chi connectivity index (χ0) is 19.2. The largest absolute Gasteiger partial charge is 0.447 e. The molecular weight excluding hydrogens is 392 g/mol. The third-order valence-electron chi connectivity index (χ3n) is 3.23. The number of ether oxygens (including phenoxy) is 2. The number of pyridine rings is 1. The molecule has 3 aromatic heterocycles. The Bertz CT molecular complexity index is 951. The van der Waals surface area contributed by atoms with Crippen LogP contribution < -0.4 is 10.6 Å². The van der Waals surface area contributed by atoms with Gasteiger partial charge < -0.3 is 14.8 Å². The molecule has 0 unspecified atom stereocenters. The minimum absolute atomic E-state index is 0.0223. The maximum atomic E-state index is 12.4. The van der Waals surface area contributed by atoms with Crippen molar-refractivity contribution < 1.29 is 23.9 Å². The van der Waals surface area contributed by atoms with Crippen molar-refractivity contribution in [2.75, 3.05) is 25.6 Å². The predicted octanol–water partition coefficient (Wildman–Crippen LogP) is 2.52. The van der Waals surface area contributed by atoms with E-state index in [4.69, 9.17) is 9.47 Å². The summed E-state index contributed by atoms with van der Waals surface area (Å²) in [7, 11) is 1.47. The van der Waals surface area contributed by atoms with E-state index in [2.05, 4.69) is 20.6 Å². The van der Waals surface area contributed by atoms with E-state index in [1.165, 1.54) is 24.5 Å². The normalized spacial score (nSPS) is 10.6. The molecule has 0 aliphatic rings. The summed E-state index contributed by atoms with van der Waals surface area (Å²) in [5, 5.41) is 6.88. The average molecular weight is 406 g/mol. The van der Waals surface area contributed by atoms with Crippen molar-refractivity contribution in [1.82, 2.24) is 15.3 Å². The number of imide groups is 1. The monoisotopic (exact) mass is 406 g/mol.